The zero-order valence-corrected chi connectivity index (χ0v) is 7.42. The van der Waals surface area contributed by atoms with Crippen molar-refractivity contribution in [2.45, 2.75) is 45.1 Å². The SMILES string of the molecule is CC(N)C1CCC2CCCC21. The van der Waals surface area contributed by atoms with Crippen molar-refractivity contribution >= 4 is 0 Å². The van der Waals surface area contributed by atoms with Crippen molar-refractivity contribution < 1.29 is 0 Å². The molecule has 2 N–H and O–H groups in total. The van der Waals surface area contributed by atoms with Crippen LogP contribution in [0.15, 0.2) is 0 Å². The molecule has 1 nitrogen and oxygen atoms in total. The van der Waals surface area contributed by atoms with E-state index >= 15 is 0 Å². The fourth-order valence-corrected chi connectivity index (χ4v) is 3.26. The van der Waals surface area contributed by atoms with Gasteiger partial charge in [0.25, 0.3) is 0 Å². The first-order chi connectivity index (χ1) is 5.29. The Labute approximate surface area is 69.4 Å². The normalized spacial score (nSPS) is 45.8. The molecule has 64 valence electrons. The largest absolute Gasteiger partial charge is 0.328 e. The van der Waals surface area contributed by atoms with Crippen LogP contribution in [-0.2, 0) is 0 Å². The highest BCUT2D eigenvalue weighted by Gasteiger charge is 2.40. The lowest BCUT2D eigenvalue weighted by molar-refractivity contribution is 0.313. The van der Waals surface area contributed by atoms with E-state index in [1.165, 1.54) is 32.1 Å². The van der Waals surface area contributed by atoms with Gasteiger partial charge in [-0.25, -0.2) is 0 Å². The molecule has 2 saturated carbocycles. The Morgan fingerprint density at radius 1 is 1.18 bits per heavy atom. The second-order valence-electron chi connectivity index (χ2n) is 4.46. The molecule has 1 heteroatoms. The highest BCUT2D eigenvalue weighted by Crippen LogP contribution is 2.48. The minimum Gasteiger partial charge on any atom is -0.328 e. The Bertz CT molecular complexity index is 142. The lowest BCUT2D eigenvalue weighted by atomic mass is 9.87. The van der Waals surface area contributed by atoms with Gasteiger partial charge in [0, 0.05) is 6.04 Å². The topological polar surface area (TPSA) is 26.0 Å². The van der Waals surface area contributed by atoms with Gasteiger partial charge in [-0.2, -0.15) is 0 Å². The Balaban J connectivity index is 2.03. The van der Waals surface area contributed by atoms with Crippen molar-refractivity contribution in [2.24, 2.45) is 23.5 Å². The molecule has 0 amide bonds. The Morgan fingerprint density at radius 2 is 2.00 bits per heavy atom. The first-order valence-electron chi connectivity index (χ1n) is 5.04. The van der Waals surface area contributed by atoms with E-state index in [0.29, 0.717) is 6.04 Å². The molecule has 0 spiro atoms. The Morgan fingerprint density at radius 3 is 2.73 bits per heavy atom. The van der Waals surface area contributed by atoms with E-state index in [1.54, 1.807) is 0 Å². The maximum atomic E-state index is 5.95. The summed E-state index contributed by atoms with van der Waals surface area (Å²) in [7, 11) is 0. The van der Waals surface area contributed by atoms with Crippen LogP contribution in [0.2, 0.25) is 0 Å². The standard InChI is InChI=1S/C10H19N/c1-7(11)9-6-5-8-3-2-4-10(8)9/h7-10H,2-6,11H2,1H3. The van der Waals surface area contributed by atoms with Gasteiger partial charge < -0.3 is 5.73 Å². The summed E-state index contributed by atoms with van der Waals surface area (Å²) in [6, 6.07) is 0.447. The zero-order valence-electron chi connectivity index (χ0n) is 7.42. The highest BCUT2D eigenvalue weighted by molar-refractivity contribution is 4.92. The van der Waals surface area contributed by atoms with Crippen LogP contribution in [0.5, 0.6) is 0 Å². The molecule has 2 aliphatic rings. The van der Waals surface area contributed by atoms with Gasteiger partial charge in [-0.15, -0.1) is 0 Å². The van der Waals surface area contributed by atoms with E-state index in [0.717, 1.165) is 17.8 Å². The van der Waals surface area contributed by atoms with Crippen molar-refractivity contribution in [1.29, 1.82) is 0 Å². The monoisotopic (exact) mass is 153 g/mol. The molecule has 0 saturated heterocycles. The van der Waals surface area contributed by atoms with Crippen LogP contribution in [0, 0.1) is 17.8 Å². The summed E-state index contributed by atoms with van der Waals surface area (Å²) in [6.07, 6.45) is 7.31. The van der Waals surface area contributed by atoms with E-state index in [-0.39, 0.29) is 0 Å². The molecule has 0 aromatic carbocycles. The Hall–Kier alpha value is -0.0400. The van der Waals surface area contributed by atoms with Crippen molar-refractivity contribution in [3.8, 4) is 0 Å². The van der Waals surface area contributed by atoms with Gasteiger partial charge in [0.05, 0.1) is 0 Å². The average Bonchev–Trinajstić information content (AvgIpc) is 2.41. The number of hydrogen-bond acceptors (Lipinski definition) is 1. The van der Waals surface area contributed by atoms with Crippen molar-refractivity contribution in [2.75, 3.05) is 0 Å². The van der Waals surface area contributed by atoms with Gasteiger partial charge in [-0.1, -0.05) is 12.8 Å². The summed E-state index contributed by atoms with van der Waals surface area (Å²) in [6.45, 7) is 2.19. The lowest BCUT2D eigenvalue weighted by Gasteiger charge is -2.21. The second-order valence-corrected chi connectivity index (χ2v) is 4.46. The molecule has 0 aromatic rings. The Kier molecular flexibility index (Phi) is 1.92. The van der Waals surface area contributed by atoms with Crippen LogP contribution in [0.25, 0.3) is 0 Å². The van der Waals surface area contributed by atoms with Crippen LogP contribution in [-0.4, -0.2) is 6.04 Å². The molecular weight excluding hydrogens is 134 g/mol. The van der Waals surface area contributed by atoms with E-state index in [1.807, 2.05) is 0 Å². The van der Waals surface area contributed by atoms with E-state index in [9.17, 15) is 0 Å². The first kappa shape index (κ1) is 7.60. The quantitative estimate of drug-likeness (QED) is 0.614. The summed E-state index contributed by atoms with van der Waals surface area (Å²) in [5.41, 5.74) is 5.95. The van der Waals surface area contributed by atoms with Crippen molar-refractivity contribution in [1.82, 2.24) is 0 Å². The summed E-state index contributed by atoms with van der Waals surface area (Å²) >= 11 is 0. The van der Waals surface area contributed by atoms with Gasteiger partial charge in [0.1, 0.15) is 0 Å². The minimum atomic E-state index is 0.447. The maximum Gasteiger partial charge on any atom is 0.00415 e. The van der Waals surface area contributed by atoms with E-state index in [2.05, 4.69) is 6.92 Å². The second kappa shape index (κ2) is 2.78. The van der Waals surface area contributed by atoms with Gasteiger partial charge >= 0.3 is 0 Å². The number of nitrogens with two attached hydrogens (primary N) is 1. The molecule has 4 unspecified atom stereocenters. The summed E-state index contributed by atoms with van der Waals surface area (Å²) < 4.78 is 0. The van der Waals surface area contributed by atoms with Crippen molar-refractivity contribution in [3.63, 3.8) is 0 Å². The molecule has 2 aliphatic carbocycles. The van der Waals surface area contributed by atoms with Crippen LogP contribution in [0.1, 0.15) is 39.0 Å². The van der Waals surface area contributed by atoms with Gasteiger partial charge in [-0.05, 0) is 43.9 Å². The number of hydrogen-bond donors (Lipinski definition) is 1. The van der Waals surface area contributed by atoms with Gasteiger partial charge in [-0.3, -0.25) is 0 Å². The predicted octanol–water partition coefficient (Wildman–Crippen LogP) is 2.16. The number of rotatable bonds is 1. The third kappa shape index (κ3) is 1.20. The smallest absolute Gasteiger partial charge is 0.00415 e. The molecule has 0 aromatic heterocycles. The van der Waals surface area contributed by atoms with Crippen molar-refractivity contribution in [3.05, 3.63) is 0 Å². The summed E-state index contributed by atoms with van der Waals surface area (Å²) in [5.74, 6) is 2.93. The van der Waals surface area contributed by atoms with E-state index < -0.39 is 0 Å². The molecule has 0 radical (unpaired) electrons. The predicted molar refractivity (Wildman–Crippen MR) is 47.2 cm³/mol. The minimum absolute atomic E-state index is 0.447. The molecule has 0 heterocycles. The average molecular weight is 153 g/mol. The first-order valence-corrected chi connectivity index (χ1v) is 5.04. The van der Waals surface area contributed by atoms with Crippen LogP contribution in [0.4, 0.5) is 0 Å². The lowest BCUT2D eigenvalue weighted by Crippen LogP contribution is -2.29. The molecule has 4 atom stereocenters. The molecule has 11 heavy (non-hydrogen) atoms. The van der Waals surface area contributed by atoms with Crippen LogP contribution in [0.3, 0.4) is 0 Å². The van der Waals surface area contributed by atoms with E-state index in [4.69, 9.17) is 5.73 Å². The molecule has 0 bridgehead atoms. The fourth-order valence-electron chi connectivity index (χ4n) is 3.26. The summed E-state index contributed by atoms with van der Waals surface area (Å²) in [5, 5.41) is 0. The van der Waals surface area contributed by atoms with Gasteiger partial charge in [0.2, 0.25) is 0 Å². The third-order valence-corrected chi connectivity index (χ3v) is 3.81. The molecular formula is C10H19N. The number of fused-ring (bicyclic) bond motifs is 1. The highest BCUT2D eigenvalue weighted by atomic mass is 14.7. The van der Waals surface area contributed by atoms with Crippen LogP contribution >= 0.6 is 0 Å². The van der Waals surface area contributed by atoms with Gasteiger partial charge in [0.15, 0.2) is 0 Å². The third-order valence-electron chi connectivity index (χ3n) is 3.81. The molecule has 0 aliphatic heterocycles. The summed E-state index contributed by atoms with van der Waals surface area (Å²) in [4.78, 5) is 0. The maximum absolute atomic E-state index is 5.95. The zero-order chi connectivity index (χ0) is 7.84. The molecule has 2 fully saturated rings. The van der Waals surface area contributed by atoms with Crippen LogP contribution < -0.4 is 5.73 Å². The molecule has 2 rings (SSSR count). The fraction of sp³-hybridized carbons (Fsp3) is 1.00.